The number of fused-ring (bicyclic) bond motifs is 1. The number of rotatable bonds is 4. The van der Waals surface area contributed by atoms with Gasteiger partial charge in [-0.15, -0.1) is 0 Å². The normalized spacial score (nSPS) is 28.0. The van der Waals surface area contributed by atoms with E-state index in [1.165, 1.54) is 12.1 Å². The maximum atomic E-state index is 12.5. The van der Waals surface area contributed by atoms with Gasteiger partial charge in [0, 0.05) is 63.3 Å². The molecular formula is C25H34N6O3. The molecule has 0 saturated carbocycles. The molecule has 6 rings (SSSR count). The molecule has 9 heteroatoms. The molecule has 0 bridgehead atoms. The first-order valence-corrected chi connectivity index (χ1v) is 12.5. The largest absolute Gasteiger partial charge is 0.372 e. The number of nitrogens with zero attached hydrogens (tertiary/aromatic N) is 5. The summed E-state index contributed by atoms with van der Waals surface area (Å²) in [7, 11) is 2.16. The number of carbonyl (C=O) groups excluding carboxylic acids is 2. The number of aryl methyl sites for hydroxylation is 1. The third kappa shape index (κ3) is 3.79. The summed E-state index contributed by atoms with van der Waals surface area (Å²) in [6.45, 7) is 10.2. The highest BCUT2D eigenvalue weighted by Crippen LogP contribution is 2.38. The Morgan fingerprint density at radius 3 is 2.71 bits per heavy atom. The molecule has 4 aliphatic rings. The van der Waals surface area contributed by atoms with E-state index in [-0.39, 0.29) is 17.4 Å². The zero-order valence-corrected chi connectivity index (χ0v) is 20.1. The summed E-state index contributed by atoms with van der Waals surface area (Å²) in [5.74, 6) is 0.177. The van der Waals surface area contributed by atoms with Crippen molar-refractivity contribution in [3.05, 3.63) is 23.9 Å². The van der Waals surface area contributed by atoms with Crippen molar-refractivity contribution in [1.82, 2.24) is 24.9 Å². The predicted octanol–water partition coefficient (Wildman–Crippen LogP) is 1.17. The molecule has 9 nitrogen and oxygen atoms in total. The summed E-state index contributed by atoms with van der Waals surface area (Å²) in [4.78, 5) is 31.5. The molecule has 1 spiro atoms. The number of likely N-dealkylation sites (N-methyl/N-ethyl adjacent to an activating group) is 1. The van der Waals surface area contributed by atoms with E-state index in [2.05, 4.69) is 39.2 Å². The number of imide groups is 1. The first-order chi connectivity index (χ1) is 16.4. The number of anilines is 1. The molecule has 2 amide bonds. The van der Waals surface area contributed by atoms with Crippen molar-refractivity contribution in [1.29, 1.82) is 0 Å². The second kappa shape index (κ2) is 8.32. The standard InChI is InChI=1S/C25H34N6O3/c1-17-23-19(4-3-5-20(23)31(27-17)21-6-7-22(32)26-24(21)33)30-10-8-29(9-11-30)13-18-12-25(34-14-18)15-28(2)16-25/h3-5,18,21H,6-16H2,1-2H3,(H,26,32,33). The van der Waals surface area contributed by atoms with Crippen LogP contribution in [0.5, 0.6) is 0 Å². The highest BCUT2D eigenvalue weighted by atomic mass is 16.5. The van der Waals surface area contributed by atoms with Crippen LogP contribution in [0.1, 0.15) is 31.0 Å². The van der Waals surface area contributed by atoms with Crippen LogP contribution in [-0.2, 0) is 14.3 Å². The Kier molecular flexibility index (Phi) is 5.38. The van der Waals surface area contributed by atoms with Crippen molar-refractivity contribution >= 4 is 28.4 Å². The number of ether oxygens (including phenoxy) is 1. The Morgan fingerprint density at radius 2 is 1.97 bits per heavy atom. The highest BCUT2D eigenvalue weighted by molar-refractivity contribution is 6.01. The van der Waals surface area contributed by atoms with Gasteiger partial charge in [0.25, 0.3) is 5.91 Å². The van der Waals surface area contributed by atoms with E-state index >= 15 is 0 Å². The fraction of sp³-hybridized carbons (Fsp3) is 0.640. The first-order valence-electron chi connectivity index (χ1n) is 12.5. The van der Waals surface area contributed by atoms with Gasteiger partial charge in [0.05, 0.1) is 23.4 Å². The molecule has 1 N–H and O–H groups in total. The lowest BCUT2D eigenvalue weighted by atomic mass is 9.87. The fourth-order valence-electron chi connectivity index (χ4n) is 6.52. The lowest BCUT2D eigenvalue weighted by Gasteiger charge is -2.45. The van der Waals surface area contributed by atoms with Gasteiger partial charge in [-0.3, -0.25) is 24.5 Å². The third-order valence-electron chi connectivity index (χ3n) is 8.02. The maximum Gasteiger partial charge on any atom is 0.251 e. The number of piperazine rings is 1. The quantitative estimate of drug-likeness (QED) is 0.678. The summed E-state index contributed by atoms with van der Waals surface area (Å²) in [5, 5.41) is 8.33. The summed E-state index contributed by atoms with van der Waals surface area (Å²) in [5.41, 5.74) is 3.22. The fourth-order valence-corrected chi connectivity index (χ4v) is 6.52. The topological polar surface area (TPSA) is 82.9 Å². The highest BCUT2D eigenvalue weighted by Gasteiger charge is 2.48. The minimum Gasteiger partial charge on any atom is -0.372 e. The predicted molar refractivity (Wildman–Crippen MR) is 129 cm³/mol. The third-order valence-corrected chi connectivity index (χ3v) is 8.02. The second-order valence-corrected chi connectivity index (χ2v) is 10.7. The van der Waals surface area contributed by atoms with Gasteiger partial charge < -0.3 is 14.5 Å². The lowest BCUT2D eigenvalue weighted by molar-refractivity contribution is -0.135. The molecule has 0 aliphatic carbocycles. The number of likely N-dealkylation sites (tertiary alicyclic amines) is 1. The van der Waals surface area contributed by atoms with Crippen molar-refractivity contribution < 1.29 is 14.3 Å². The summed E-state index contributed by atoms with van der Waals surface area (Å²) >= 11 is 0. The van der Waals surface area contributed by atoms with Gasteiger partial charge in [-0.2, -0.15) is 5.10 Å². The van der Waals surface area contributed by atoms with Gasteiger partial charge in [0.15, 0.2) is 0 Å². The molecule has 4 saturated heterocycles. The van der Waals surface area contributed by atoms with E-state index in [1.54, 1.807) is 0 Å². The van der Waals surface area contributed by atoms with E-state index in [9.17, 15) is 9.59 Å². The van der Waals surface area contributed by atoms with Crippen LogP contribution < -0.4 is 10.2 Å². The first kappa shape index (κ1) is 22.0. The van der Waals surface area contributed by atoms with Gasteiger partial charge in [0.1, 0.15) is 6.04 Å². The molecule has 2 unspecified atom stereocenters. The molecule has 1 aromatic carbocycles. The number of carbonyl (C=O) groups is 2. The Labute approximate surface area is 200 Å². The van der Waals surface area contributed by atoms with Gasteiger partial charge in [0.2, 0.25) is 5.91 Å². The van der Waals surface area contributed by atoms with E-state index in [4.69, 9.17) is 9.84 Å². The average Bonchev–Trinajstić information content (AvgIpc) is 3.36. The van der Waals surface area contributed by atoms with Crippen molar-refractivity contribution in [2.75, 3.05) is 64.4 Å². The van der Waals surface area contributed by atoms with Gasteiger partial charge in [-0.05, 0) is 44.9 Å². The number of amides is 2. The Morgan fingerprint density at radius 1 is 1.18 bits per heavy atom. The number of hydrogen-bond donors (Lipinski definition) is 1. The molecule has 5 heterocycles. The van der Waals surface area contributed by atoms with Crippen LogP contribution >= 0.6 is 0 Å². The number of piperidine rings is 1. The van der Waals surface area contributed by atoms with Gasteiger partial charge in [-0.1, -0.05) is 6.07 Å². The van der Waals surface area contributed by atoms with Gasteiger partial charge >= 0.3 is 0 Å². The van der Waals surface area contributed by atoms with E-state index in [0.29, 0.717) is 18.8 Å². The molecule has 1 aromatic heterocycles. The van der Waals surface area contributed by atoms with Crippen LogP contribution in [-0.4, -0.2) is 96.5 Å². The Hall–Kier alpha value is -2.49. The summed E-state index contributed by atoms with van der Waals surface area (Å²) < 4.78 is 8.00. The van der Waals surface area contributed by atoms with E-state index in [1.807, 2.05) is 17.7 Å². The molecule has 2 atom stereocenters. The van der Waals surface area contributed by atoms with Crippen LogP contribution in [0.25, 0.3) is 10.9 Å². The van der Waals surface area contributed by atoms with Crippen LogP contribution in [0.2, 0.25) is 0 Å². The van der Waals surface area contributed by atoms with Crippen molar-refractivity contribution in [2.24, 2.45) is 5.92 Å². The van der Waals surface area contributed by atoms with Crippen LogP contribution in [0, 0.1) is 12.8 Å². The van der Waals surface area contributed by atoms with Crippen molar-refractivity contribution in [2.45, 2.75) is 37.8 Å². The SMILES string of the molecule is Cc1nn(C2CCC(=O)NC2=O)c2cccc(N3CCN(CC4COC5(C4)CN(C)C5)CC3)c12. The zero-order valence-electron chi connectivity index (χ0n) is 20.1. The van der Waals surface area contributed by atoms with Gasteiger partial charge in [-0.25, -0.2) is 0 Å². The number of hydrogen-bond acceptors (Lipinski definition) is 7. The van der Waals surface area contributed by atoms with Crippen LogP contribution in [0.3, 0.4) is 0 Å². The minimum atomic E-state index is -0.437. The average molecular weight is 467 g/mol. The Balaban J connectivity index is 1.14. The summed E-state index contributed by atoms with van der Waals surface area (Å²) in [6, 6.07) is 5.82. The lowest BCUT2D eigenvalue weighted by Crippen LogP contribution is -2.59. The second-order valence-electron chi connectivity index (χ2n) is 10.7. The molecule has 2 aromatic rings. The molecule has 0 radical (unpaired) electrons. The monoisotopic (exact) mass is 466 g/mol. The molecular weight excluding hydrogens is 432 g/mol. The maximum absolute atomic E-state index is 12.5. The van der Waals surface area contributed by atoms with E-state index in [0.717, 1.165) is 69.0 Å². The summed E-state index contributed by atoms with van der Waals surface area (Å²) in [6.07, 6.45) is 2.03. The molecule has 4 fully saturated rings. The smallest absolute Gasteiger partial charge is 0.251 e. The van der Waals surface area contributed by atoms with Crippen LogP contribution in [0.4, 0.5) is 5.69 Å². The molecule has 4 aliphatic heterocycles. The Bertz CT molecular complexity index is 1120. The number of aromatic nitrogens is 2. The number of nitrogens with one attached hydrogen (secondary N) is 1. The molecule has 34 heavy (non-hydrogen) atoms. The van der Waals surface area contributed by atoms with Crippen LogP contribution in [0.15, 0.2) is 18.2 Å². The van der Waals surface area contributed by atoms with E-state index < -0.39 is 6.04 Å². The van der Waals surface area contributed by atoms with Crippen molar-refractivity contribution in [3.8, 4) is 0 Å². The molecule has 182 valence electrons. The minimum absolute atomic E-state index is 0.136. The van der Waals surface area contributed by atoms with Crippen molar-refractivity contribution in [3.63, 3.8) is 0 Å². The zero-order chi connectivity index (χ0) is 23.4. The number of benzene rings is 1.